The van der Waals surface area contributed by atoms with Gasteiger partial charge in [0.1, 0.15) is 16.0 Å². The van der Waals surface area contributed by atoms with Crippen molar-refractivity contribution >= 4 is 15.9 Å². The molecule has 1 aromatic carbocycles. The number of ether oxygens (including phenoxy) is 2. The van der Waals surface area contributed by atoms with E-state index in [2.05, 4.69) is 28.1 Å². The minimum Gasteiger partial charge on any atom is -0.495 e. The molecule has 0 atom stereocenters. The molecule has 4 fully saturated rings. The molecular weight excluding hydrogens is 328 g/mol. The third-order valence-corrected chi connectivity index (χ3v) is 6.88. The summed E-state index contributed by atoms with van der Waals surface area (Å²) in [6, 6.07) is 4.50. The van der Waals surface area contributed by atoms with Crippen LogP contribution in [0.2, 0.25) is 0 Å². The van der Waals surface area contributed by atoms with E-state index in [1.807, 2.05) is 0 Å². The predicted octanol–water partition coefficient (Wildman–Crippen LogP) is 4.93. The molecule has 0 heterocycles. The van der Waals surface area contributed by atoms with E-state index in [-0.39, 0.29) is 0 Å². The van der Waals surface area contributed by atoms with Gasteiger partial charge >= 0.3 is 0 Å². The summed E-state index contributed by atoms with van der Waals surface area (Å²) in [4.78, 5) is 0. The zero-order valence-corrected chi connectivity index (χ0v) is 14.4. The molecule has 0 amide bonds. The van der Waals surface area contributed by atoms with Crippen LogP contribution in [-0.4, -0.2) is 14.2 Å². The van der Waals surface area contributed by atoms with Crippen LogP contribution in [-0.2, 0) is 5.41 Å². The molecule has 4 saturated carbocycles. The van der Waals surface area contributed by atoms with Gasteiger partial charge in [0, 0.05) is 0 Å². The van der Waals surface area contributed by atoms with Crippen molar-refractivity contribution in [2.45, 2.75) is 43.9 Å². The summed E-state index contributed by atoms with van der Waals surface area (Å²) < 4.78 is 12.1. The first kappa shape index (κ1) is 13.9. The highest BCUT2D eigenvalue weighted by Crippen LogP contribution is 2.61. The van der Waals surface area contributed by atoms with Crippen LogP contribution in [0.4, 0.5) is 0 Å². The van der Waals surface area contributed by atoms with Gasteiger partial charge in [-0.15, -0.1) is 0 Å². The summed E-state index contributed by atoms with van der Waals surface area (Å²) in [6.45, 7) is 0. The van der Waals surface area contributed by atoms with Crippen molar-refractivity contribution in [1.82, 2.24) is 0 Å². The minimum absolute atomic E-state index is 0.385. The number of rotatable bonds is 3. The first-order valence-electron chi connectivity index (χ1n) is 8.05. The average molecular weight is 351 g/mol. The van der Waals surface area contributed by atoms with E-state index < -0.39 is 0 Å². The molecule has 5 rings (SSSR count). The van der Waals surface area contributed by atoms with Crippen LogP contribution < -0.4 is 9.47 Å². The van der Waals surface area contributed by atoms with Crippen LogP contribution in [0.25, 0.3) is 0 Å². The minimum atomic E-state index is 0.385. The summed E-state index contributed by atoms with van der Waals surface area (Å²) in [5.41, 5.74) is 1.83. The average Bonchev–Trinajstić information content (AvgIpc) is 2.46. The van der Waals surface area contributed by atoms with Crippen LogP contribution in [0.15, 0.2) is 16.6 Å². The highest BCUT2D eigenvalue weighted by molar-refractivity contribution is 9.10. The summed E-state index contributed by atoms with van der Waals surface area (Å²) in [6.07, 6.45) is 8.53. The van der Waals surface area contributed by atoms with Crippen molar-refractivity contribution in [3.8, 4) is 11.5 Å². The van der Waals surface area contributed by atoms with Gasteiger partial charge in [-0.2, -0.15) is 0 Å². The smallest absolute Gasteiger partial charge is 0.137 e. The number of hydrogen-bond donors (Lipinski definition) is 0. The van der Waals surface area contributed by atoms with Gasteiger partial charge in [0.2, 0.25) is 0 Å². The van der Waals surface area contributed by atoms with E-state index in [1.165, 1.54) is 44.1 Å². The van der Waals surface area contributed by atoms with Crippen molar-refractivity contribution in [2.75, 3.05) is 14.2 Å². The number of benzene rings is 1. The van der Waals surface area contributed by atoms with Crippen molar-refractivity contribution < 1.29 is 9.47 Å². The second kappa shape index (κ2) is 4.91. The van der Waals surface area contributed by atoms with Gasteiger partial charge < -0.3 is 9.47 Å². The lowest BCUT2D eigenvalue weighted by molar-refractivity contribution is -0.00536. The lowest BCUT2D eigenvalue weighted by Crippen LogP contribution is -2.48. The van der Waals surface area contributed by atoms with Gasteiger partial charge in [0.25, 0.3) is 0 Å². The Bertz CT molecular complexity index is 506. The number of halogens is 1. The molecule has 0 saturated heterocycles. The summed E-state index contributed by atoms with van der Waals surface area (Å²) in [7, 11) is 3.48. The maximum absolute atomic E-state index is 5.56. The Hall–Kier alpha value is -0.700. The molecule has 2 nitrogen and oxygen atoms in total. The molecule has 4 aliphatic rings. The zero-order valence-electron chi connectivity index (χ0n) is 12.8. The summed E-state index contributed by atoms with van der Waals surface area (Å²) in [5, 5.41) is 0. The lowest BCUT2D eigenvalue weighted by atomic mass is 9.48. The molecule has 0 radical (unpaired) electrons. The normalized spacial score (nSPS) is 36.8. The van der Waals surface area contributed by atoms with Gasteiger partial charge in [0.15, 0.2) is 0 Å². The van der Waals surface area contributed by atoms with Gasteiger partial charge in [-0.25, -0.2) is 0 Å². The van der Waals surface area contributed by atoms with Crippen molar-refractivity contribution in [1.29, 1.82) is 0 Å². The molecule has 0 unspecified atom stereocenters. The van der Waals surface area contributed by atoms with Crippen molar-refractivity contribution in [2.24, 2.45) is 17.8 Å². The van der Waals surface area contributed by atoms with Gasteiger partial charge in [-0.1, -0.05) is 0 Å². The van der Waals surface area contributed by atoms with Crippen LogP contribution in [0.3, 0.4) is 0 Å². The Morgan fingerprint density at radius 1 is 0.905 bits per heavy atom. The molecule has 4 aliphatic carbocycles. The molecule has 0 aliphatic heterocycles. The second-order valence-corrected chi connectivity index (χ2v) is 8.19. The third kappa shape index (κ3) is 2.11. The molecular formula is C18H23BrO2. The second-order valence-electron chi connectivity index (χ2n) is 7.39. The highest BCUT2D eigenvalue weighted by Gasteiger charge is 2.51. The van der Waals surface area contributed by atoms with Gasteiger partial charge in [0.05, 0.1) is 14.2 Å². The Morgan fingerprint density at radius 3 is 1.71 bits per heavy atom. The highest BCUT2D eigenvalue weighted by atomic mass is 79.9. The first-order chi connectivity index (χ1) is 10.1. The molecule has 0 spiro atoms. The standard InChI is InChI=1S/C18H23BrO2/c1-20-15-6-14(7-16(21-2)17(15)19)18-8-11-3-12(9-18)5-13(4-11)10-18/h6-7,11-13H,3-5,8-10H2,1-2H3. The van der Waals surface area contributed by atoms with Crippen molar-refractivity contribution in [3.63, 3.8) is 0 Å². The van der Waals surface area contributed by atoms with E-state index in [0.717, 1.165) is 33.7 Å². The molecule has 21 heavy (non-hydrogen) atoms. The fraction of sp³-hybridized carbons (Fsp3) is 0.667. The Balaban J connectivity index is 1.79. The molecule has 4 bridgehead atoms. The summed E-state index contributed by atoms with van der Waals surface area (Å²) in [5.74, 6) is 4.67. The predicted molar refractivity (Wildman–Crippen MR) is 87.1 cm³/mol. The third-order valence-electron chi connectivity index (χ3n) is 6.10. The zero-order chi connectivity index (χ0) is 14.6. The van der Waals surface area contributed by atoms with E-state index in [4.69, 9.17) is 9.47 Å². The quantitative estimate of drug-likeness (QED) is 0.768. The van der Waals surface area contributed by atoms with Crippen LogP contribution in [0.1, 0.15) is 44.1 Å². The molecule has 3 heteroatoms. The monoisotopic (exact) mass is 350 g/mol. The number of methoxy groups -OCH3 is 2. The van der Waals surface area contributed by atoms with Gasteiger partial charge in [-0.05, 0) is 95.3 Å². The Morgan fingerprint density at radius 2 is 1.33 bits per heavy atom. The maximum Gasteiger partial charge on any atom is 0.137 e. The molecule has 114 valence electrons. The fourth-order valence-corrected chi connectivity index (χ4v) is 6.19. The Labute approximate surface area is 135 Å². The largest absolute Gasteiger partial charge is 0.495 e. The molecule has 1 aromatic rings. The van der Waals surface area contributed by atoms with Crippen LogP contribution >= 0.6 is 15.9 Å². The maximum atomic E-state index is 5.56. The number of hydrogen-bond acceptors (Lipinski definition) is 2. The summed E-state index contributed by atoms with van der Waals surface area (Å²) >= 11 is 3.60. The van der Waals surface area contributed by atoms with Crippen molar-refractivity contribution in [3.05, 3.63) is 22.2 Å². The SMILES string of the molecule is COc1cc(C23CC4CC(CC(C4)C2)C3)cc(OC)c1Br. The molecule has 0 N–H and O–H groups in total. The Kier molecular flexibility index (Phi) is 3.25. The molecule has 0 aromatic heterocycles. The topological polar surface area (TPSA) is 18.5 Å². The van der Waals surface area contributed by atoms with E-state index in [1.54, 1.807) is 14.2 Å². The van der Waals surface area contributed by atoms with Crippen LogP contribution in [0.5, 0.6) is 11.5 Å². The van der Waals surface area contributed by atoms with E-state index in [9.17, 15) is 0 Å². The van der Waals surface area contributed by atoms with E-state index >= 15 is 0 Å². The fourth-order valence-electron chi connectivity index (χ4n) is 5.64. The van der Waals surface area contributed by atoms with E-state index in [0.29, 0.717) is 5.41 Å². The first-order valence-corrected chi connectivity index (χ1v) is 8.85. The van der Waals surface area contributed by atoms with Gasteiger partial charge in [-0.3, -0.25) is 0 Å². The lowest BCUT2D eigenvalue weighted by Gasteiger charge is -2.57. The van der Waals surface area contributed by atoms with Crippen LogP contribution in [0, 0.1) is 17.8 Å².